The summed E-state index contributed by atoms with van der Waals surface area (Å²) in [6.45, 7) is 6.32. The van der Waals surface area contributed by atoms with E-state index in [4.69, 9.17) is 56.8 Å². The van der Waals surface area contributed by atoms with Crippen molar-refractivity contribution in [3.8, 4) is 0 Å². The average Bonchev–Trinajstić information content (AvgIpc) is 3.66. The molecule has 0 spiro atoms. The standard InChI is InChI=1S/C24H38O15/c1-2-24(15-31-6-3-28-9-18-12-34-21(25)37-18,16-32-7-4-29-10-19-13-35-22(26)38-19)17-33-8-5-30-11-20-14-36-23(27)39-20/h18-20H,2-17H2,1H3. The van der Waals surface area contributed by atoms with Crippen LogP contribution in [0.15, 0.2) is 0 Å². The molecule has 0 N–H and O–H groups in total. The van der Waals surface area contributed by atoms with E-state index in [1.54, 1.807) is 0 Å². The lowest BCUT2D eigenvalue weighted by molar-refractivity contribution is -0.0928. The topological polar surface area (TPSA) is 162 Å². The van der Waals surface area contributed by atoms with Gasteiger partial charge in [0.05, 0.1) is 79.3 Å². The van der Waals surface area contributed by atoms with E-state index in [0.29, 0.717) is 59.5 Å². The summed E-state index contributed by atoms with van der Waals surface area (Å²) in [5.41, 5.74) is -0.432. The first-order valence-corrected chi connectivity index (χ1v) is 12.9. The second-order valence-corrected chi connectivity index (χ2v) is 9.14. The van der Waals surface area contributed by atoms with E-state index in [1.165, 1.54) is 0 Å². The molecule has 3 fully saturated rings. The van der Waals surface area contributed by atoms with E-state index in [1.807, 2.05) is 6.92 Å². The zero-order valence-electron chi connectivity index (χ0n) is 22.2. The largest absolute Gasteiger partial charge is 0.508 e. The zero-order chi connectivity index (χ0) is 27.8. The molecule has 0 aromatic carbocycles. The van der Waals surface area contributed by atoms with Gasteiger partial charge in [0.15, 0.2) is 18.3 Å². The van der Waals surface area contributed by atoms with Crippen LogP contribution in [0, 0.1) is 5.41 Å². The van der Waals surface area contributed by atoms with Crippen molar-refractivity contribution in [1.82, 2.24) is 0 Å². The molecule has 3 heterocycles. The van der Waals surface area contributed by atoms with Crippen LogP contribution in [0.1, 0.15) is 13.3 Å². The fourth-order valence-electron chi connectivity index (χ4n) is 3.64. The molecule has 3 aliphatic rings. The summed E-state index contributed by atoms with van der Waals surface area (Å²) >= 11 is 0. The highest BCUT2D eigenvalue weighted by Gasteiger charge is 2.31. The summed E-state index contributed by atoms with van der Waals surface area (Å²) in [5, 5.41) is 0. The van der Waals surface area contributed by atoms with Crippen molar-refractivity contribution in [2.24, 2.45) is 5.41 Å². The van der Waals surface area contributed by atoms with E-state index >= 15 is 0 Å². The van der Waals surface area contributed by atoms with Gasteiger partial charge in [0.1, 0.15) is 19.8 Å². The molecular formula is C24H38O15. The maximum atomic E-state index is 11.0. The fraction of sp³-hybridized carbons (Fsp3) is 0.875. The summed E-state index contributed by atoms with van der Waals surface area (Å²) in [6.07, 6.45) is -2.55. The van der Waals surface area contributed by atoms with E-state index in [9.17, 15) is 14.4 Å². The third-order valence-corrected chi connectivity index (χ3v) is 5.95. The Balaban J connectivity index is 1.31. The molecule has 0 radical (unpaired) electrons. The molecule has 3 unspecified atom stereocenters. The minimum Gasteiger partial charge on any atom is -0.430 e. The Labute approximate surface area is 226 Å². The number of ether oxygens (including phenoxy) is 12. The number of cyclic esters (lactones) is 6. The summed E-state index contributed by atoms with van der Waals surface area (Å²) in [5.74, 6) is 0. The third kappa shape index (κ3) is 12.1. The van der Waals surface area contributed by atoms with Crippen molar-refractivity contribution in [3.05, 3.63) is 0 Å². The van der Waals surface area contributed by atoms with E-state index in [-0.39, 0.29) is 39.6 Å². The van der Waals surface area contributed by atoms with Crippen molar-refractivity contribution in [1.29, 1.82) is 0 Å². The van der Waals surface area contributed by atoms with Gasteiger partial charge >= 0.3 is 18.5 Å². The van der Waals surface area contributed by atoms with Crippen molar-refractivity contribution in [2.75, 3.05) is 99.1 Å². The Morgan fingerprint density at radius 1 is 0.564 bits per heavy atom. The van der Waals surface area contributed by atoms with Crippen molar-refractivity contribution < 1.29 is 71.2 Å². The highest BCUT2D eigenvalue weighted by molar-refractivity contribution is 5.62. The minimum absolute atomic E-state index is 0.180. The molecular weight excluding hydrogens is 528 g/mol. The third-order valence-electron chi connectivity index (χ3n) is 5.95. The number of carbonyl (C=O) groups is 3. The molecule has 3 aliphatic heterocycles. The highest BCUT2D eigenvalue weighted by atomic mass is 16.8. The van der Waals surface area contributed by atoms with Gasteiger partial charge < -0.3 is 56.8 Å². The molecule has 0 bridgehead atoms. The molecule has 0 aromatic rings. The molecule has 3 atom stereocenters. The van der Waals surface area contributed by atoms with Gasteiger partial charge in [-0.15, -0.1) is 0 Å². The second kappa shape index (κ2) is 17.3. The maximum Gasteiger partial charge on any atom is 0.508 e. The van der Waals surface area contributed by atoms with E-state index < -0.39 is 42.2 Å². The molecule has 224 valence electrons. The lowest BCUT2D eigenvalue weighted by Gasteiger charge is -2.32. The Bertz CT molecular complexity index is 654. The van der Waals surface area contributed by atoms with Gasteiger partial charge in [-0.25, -0.2) is 14.4 Å². The summed E-state index contributed by atoms with van der Waals surface area (Å²) in [7, 11) is 0. The number of carbonyl (C=O) groups excluding carboxylic acids is 3. The SMILES string of the molecule is CCC(COCCOCC1COC(=O)O1)(COCCOCC1COC(=O)O1)COCCOCC1COC(=O)O1. The fourth-order valence-corrected chi connectivity index (χ4v) is 3.64. The van der Waals surface area contributed by atoms with Crippen LogP contribution < -0.4 is 0 Å². The normalized spacial score (nSPS) is 23.9. The lowest BCUT2D eigenvalue weighted by atomic mass is 9.88. The minimum atomic E-state index is -0.685. The van der Waals surface area contributed by atoms with Gasteiger partial charge in [-0.05, 0) is 6.42 Å². The number of hydrogen-bond acceptors (Lipinski definition) is 15. The molecule has 3 rings (SSSR count). The van der Waals surface area contributed by atoms with Crippen molar-refractivity contribution in [3.63, 3.8) is 0 Å². The van der Waals surface area contributed by atoms with Gasteiger partial charge in [0.25, 0.3) is 0 Å². The predicted octanol–water partition coefficient (Wildman–Crippen LogP) is 1.09. The van der Waals surface area contributed by atoms with Gasteiger partial charge in [-0.2, -0.15) is 0 Å². The Kier molecular flexibility index (Phi) is 13.8. The van der Waals surface area contributed by atoms with Crippen LogP contribution in [0.4, 0.5) is 14.4 Å². The molecule has 3 saturated heterocycles. The van der Waals surface area contributed by atoms with Crippen LogP contribution in [0.25, 0.3) is 0 Å². The first-order valence-electron chi connectivity index (χ1n) is 12.9. The van der Waals surface area contributed by atoms with Gasteiger partial charge in [0, 0.05) is 5.41 Å². The molecule has 0 saturated carbocycles. The second-order valence-electron chi connectivity index (χ2n) is 9.14. The van der Waals surface area contributed by atoms with E-state index in [2.05, 4.69) is 0 Å². The van der Waals surface area contributed by atoms with Crippen LogP contribution >= 0.6 is 0 Å². The molecule has 0 aliphatic carbocycles. The monoisotopic (exact) mass is 566 g/mol. The number of hydrogen-bond donors (Lipinski definition) is 0. The Hall–Kier alpha value is -2.43. The highest BCUT2D eigenvalue weighted by Crippen LogP contribution is 2.24. The van der Waals surface area contributed by atoms with Crippen LogP contribution in [-0.2, 0) is 56.8 Å². The average molecular weight is 567 g/mol. The number of rotatable bonds is 22. The Morgan fingerprint density at radius 3 is 1.13 bits per heavy atom. The van der Waals surface area contributed by atoms with Crippen molar-refractivity contribution >= 4 is 18.5 Å². The van der Waals surface area contributed by atoms with Crippen molar-refractivity contribution in [2.45, 2.75) is 31.7 Å². The van der Waals surface area contributed by atoms with Crippen LogP contribution in [0.2, 0.25) is 0 Å². The zero-order valence-corrected chi connectivity index (χ0v) is 22.2. The quantitative estimate of drug-likeness (QED) is 0.104. The summed E-state index contributed by atoms with van der Waals surface area (Å²) in [4.78, 5) is 32.9. The molecule has 15 nitrogen and oxygen atoms in total. The lowest BCUT2D eigenvalue weighted by Crippen LogP contribution is -2.38. The van der Waals surface area contributed by atoms with Crippen LogP contribution in [0.3, 0.4) is 0 Å². The molecule has 39 heavy (non-hydrogen) atoms. The van der Waals surface area contributed by atoms with Gasteiger partial charge in [0.2, 0.25) is 0 Å². The predicted molar refractivity (Wildman–Crippen MR) is 126 cm³/mol. The Morgan fingerprint density at radius 2 is 0.872 bits per heavy atom. The van der Waals surface area contributed by atoms with Gasteiger partial charge in [-0.1, -0.05) is 6.92 Å². The van der Waals surface area contributed by atoms with Gasteiger partial charge in [-0.3, -0.25) is 0 Å². The van der Waals surface area contributed by atoms with E-state index in [0.717, 1.165) is 6.42 Å². The van der Waals surface area contributed by atoms with Crippen LogP contribution in [0.5, 0.6) is 0 Å². The molecule has 15 heteroatoms. The van der Waals surface area contributed by atoms with Crippen LogP contribution in [-0.4, -0.2) is 136 Å². The summed E-state index contributed by atoms with van der Waals surface area (Å²) < 4.78 is 63.0. The summed E-state index contributed by atoms with van der Waals surface area (Å²) in [6, 6.07) is 0. The first kappa shape index (κ1) is 31.1. The maximum absolute atomic E-state index is 11.0. The first-order chi connectivity index (χ1) is 19.0. The molecule has 0 aromatic heterocycles. The smallest absolute Gasteiger partial charge is 0.430 e. The molecule has 0 amide bonds.